The van der Waals surface area contributed by atoms with Crippen molar-refractivity contribution in [3.8, 4) is 11.1 Å². The van der Waals surface area contributed by atoms with Crippen molar-refractivity contribution in [2.45, 2.75) is 50.6 Å². The number of aliphatic carboxylic acids is 1. The highest BCUT2D eigenvalue weighted by Crippen LogP contribution is 2.44. The van der Waals surface area contributed by atoms with Gasteiger partial charge in [-0.2, -0.15) is 0 Å². The number of likely N-dealkylation sites (tertiary alicyclic amines) is 1. The summed E-state index contributed by atoms with van der Waals surface area (Å²) in [6.45, 7) is 2.39. The third-order valence-corrected chi connectivity index (χ3v) is 7.10. The number of carboxylic acid groups (broad SMARTS) is 1. The molecule has 3 N–H and O–H groups in total. The first kappa shape index (κ1) is 24.7. The van der Waals surface area contributed by atoms with Crippen molar-refractivity contribution in [2.24, 2.45) is 5.92 Å². The van der Waals surface area contributed by atoms with Gasteiger partial charge in [-0.05, 0) is 54.4 Å². The Bertz CT molecular complexity index is 1040. The predicted octanol–water partition coefficient (Wildman–Crippen LogP) is 3.38. The van der Waals surface area contributed by atoms with Gasteiger partial charge in [0.05, 0.1) is 0 Å². The molecular weight excluding hydrogens is 448 g/mol. The van der Waals surface area contributed by atoms with Crippen LogP contribution in [0.3, 0.4) is 0 Å². The lowest BCUT2D eigenvalue weighted by Gasteiger charge is -2.39. The lowest BCUT2D eigenvalue weighted by molar-refractivity contribution is -0.139. The first-order chi connectivity index (χ1) is 16.9. The molecule has 2 amide bonds. The van der Waals surface area contributed by atoms with Crippen LogP contribution in [0.15, 0.2) is 48.5 Å². The van der Waals surface area contributed by atoms with E-state index in [0.717, 1.165) is 35.1 Å². The summed E-state index contributed by atoms with van der Waals surface area (Å²) in [4.78, 5) is 38.9. The fourth-order valence-corrected chi connectivity index (χ4v) is 5.15. The van der Waals surface area contributed by atoms with Crippen molar-refractivity contribution in [3.63, 3.8) is 0 Å². The van der Waals surface area contributed by atoms with Gasteiger partial charge in [-0.25, -0.2) is 4.79 Å². The molecule has 0 radical (unpaired) electrons. The van der Waals surface area contributed by atoms with Crippen LogP contribution in [0.4, 0.5) is 4.79 Å². The molecule has 2 aliphatic rings. The molecule has 1 heterocycles. The highest BCUT2D eigenvalue weighted by atomic mass is 16.5. The number of alkyl carbamates (subject to hydrolysis) is 1. The molecule has 186 valence electrons. The highest BCUT2D eigenvalue weighted by molar-refractivity contribution is 5.86. The van der Waals surface area contributed by atoms with Gasteiger partial charge in [0.2, 0.25) is 5.91 Å². The second-order valence-electron chi connectivity index (χ2n) is 9.42. The number of ether oxygens (including phenoxy) is 1. The molecule has 0 aromatic heterocycles. The van der Waals surface area contributed by atoms with Gasteiger partial charge in [0, 0.05) is 31.5 Å². The van der Waals surface area contributed by atoms with Crippen molar-refractivity contribution >= 4 is 18.0 Å². The minimum atomic E-state index is -1.04. The number of aliphatic hydroxyl groups is 1. The Morgan fingerprint density at radius 3 is 2.29 bits per heavy atom. The molecule has 1 aliphatic heterocycles. The number of benzene rings is 2. The van der Waals surface area contributed by atoms with E-state index in [2.05, 4.69) is 5.32 Å². The number of nitrogens with one attached hydrogen (secondary N) is 1. The summed E-state index contributed by atoms with van der Waals surface area (Å²) in [5, 5.41) is 21.3. The molecule has 0 spiro atoms. The average Bonchev–Trinajstić information content (AvgIpc) is 3.18. The highest BCUT2D eigenvalue weighted by Gasteiger charge is 2.34. The second-order valence-corrected chi connectivity index (χ2v) is 9.42. The molecular formula is C27H32N2O6. The van der Waals surface area contributed by atoms with Crippen molar-refractivity contribution in [3.05, 3.63) is 59.7 Å². The van der Waals surface area contributed by atoms with Crippen LogP contribution >= 0.6 is 0 Å². The van der Waals surface area contributed by atoms with Crippen LogP contribution in [0.5, 0.6) is 0 Å². The molecule has 3 unspecified atom stereocenters. The number of carbonyl (C=O) groups excluding carboxylic acids is 2. The molecule has 0 bridgehead atoms. The van der Waals surface area contributed by atoms with Crippen LogP contribution in [-0.2, 0) is 14.3 Å². The van der Waals surface area contributed by atoms with Gasteiger partial charge in [-0.3, -0.25) is 9.59 Å². The van der Waals surface area contributed by atoms with E-state index in [1.165, 1.54) is 0 Å². The van der Waals surface area contributed by atoms with Crippen LogP contribution < -0.4 is 5.32 Å². The molecule has 1 fully saturated rings. The Balaban J connectivity index is 1.44. The van der Waals surface area contributed by atoms with E-state index in [1.807, 2.05) is 55.5 Å². The number of nitrogens with zero attached hydrogens (tertiary/aromatic N) is 1. The Kier molecular flexibility index (Phi) is 7.70. The Labute approximate surface area is 204 Å². The minimum Gasteiger partial charge on any atom is -0.481 e. The standard InChI is InChI=1S/C27H32N2O6/c1-17-10-11-18(15-30)14-29(17)26(33)24(12-13-25(31)32)28-27(34)35-16-23-21-8-4-2-6-19(21)20-7-3-5-9-22(20)23/h2-9,17-18,23-24,30H,10-16H2,1H3,(H,28,34)(H,31,32). The first-order valence-electron chi connectivity index (χ1n) is 12.1. The number of fused-ring (bicyclic) bond motifs is 3. The van der Waals surface area contributed by atoms with E-state index < -0.39 is 18.1 Å². The van der Waals surface area contributed by atoms with Crippen LogP contribution in [0, 0.1) is 5.92 Å². The lowest BCUT2D eigenvalue weighted by Crippen LogP contribution is -2.54. The normalized spacial score (nSPS) is 20.0. The van der Waals surface area contributed by atoms with Gasteiger partial charge in [0.25, 0.3) is 0 Å². The maximum atomic E-state index is 13.3. The van der Waals surface area contributed by atoms with Gasteiger partial charge >= 0.3 is 12.1 Å². The van der Waals surface area contributed by atoms with Crippen LogP contribution in [0.25, 0.3) is 11.1 Å². The van der Waals surface area contributed by atoms with E-state index in [1.54, 1.807) is 4.90 Å². The number of piperidine rings is 1. The summed E-state index contributed by atoms with van der Waals surface area (Å²) in [6, 6.07) is 15.0. The molecule has 8 heteroatoms. The average molecular weight is 481 g/mol. The Hall–Kier alpha value is -3.39. The zero-order valence-electron chi connectivity index (χ0n) is 19.9. The fourth-order valence-electron chi connectivity index (χ4n) is 5.15. The summed E-state index contributed by atoms with van der Waals surface area (Å²) in [6.07, 6.45) is 0.519. The number of hydrogen-bond donors (Lipinski definition) is 3. The monoisotopic (exact) mass is 480 g/mol. The van der Waals surface area contributed by atoms with E-state index in [9.17, 15) is 19.5 Å². The number of carbonyl (C=O) groups is 3. The largest absolute Gasteiger partial charge is 0.481 e. The maximum Gasteiger partial charge on any atom is 0.407 e. The smallest absolute Gasteiger partial charge is 0.407 e. The first-order valence-corrected chi connectivity index (χ1v) is 12.1. The lowest BCUT2D eigenvalue weighted by atomic mass is 9.93. The van der Waals surface area contributed by atoms with Gasteiger partial charge in [-0.1, -0.05) is 48.5 Å². The summed E-state index contributed by atoms with van der Waals surface area (Å²) in [5.74, 6) is -1.53. The zero-order chi connectivity index (χ0) is 24.9. The molecule has 3 atom stereocenters. The topological polar surface area (TPSA) is 116 Å². The number of hydrogen-bond acceptors (Lipinski definition) is 5. The van der Waals surface area contributed by atoms with Gasteiger partial charge in [0.15, 0.2) is 0 Å². The quantitative estimate of drug-likeness (QED) is 0.533. The number of rotatable bonds is 8. The maximum absolute atomic E-state index is 13.3. The second kappa shape index (κ2) is 10.9. The molecule has 8 nitrogen and oxygen atoms in total. The van der Waals surface area contributed by atoms with Gasteiger partial charge < -0.3 is 25.2 Å². The number of carboxylic acids is 1. The molecule has 1 saturated heterocycles. The molecule has 2 aromatic carbocycles. The minimum absolute atomic E-state index is 0.0178. The molecule has 0 saturated carbocycles. The molecule has 35 heavy (non-hydrogen) atoms. The number of amides is 2. The summed E-state index contributed by atoms with van der Waals surface area (Å²) >= 11 is 0. The molecule has 4 rings (SSSR count). The zero-order valence-corrected chi connectivity index (χ0v) is 19.9. The fraction of sp³-hybridized carbons (Fsp3) is 0.444. The Morgan fingerprint density at radius 1 is 1.06 bits per heavy atom. The van der Waals surface area contributed by atoms with Crippen LogP contribution in [-0.4, -0.2) is 64.9 Å². The van der Waals surface area contributed by atoms with Crippen molar-refractivity contribution in [1.29, 1.82) is 0 Å². The molecule has 1 aliphatic carbocycles. The van der Waals surface area contributed by atoms with E-state index >= 15 is 0 Å². The Morgan fingerprint density at radius 2 is 1.69 bits per heavy atom. The van der Waals surface area contributed by atoms with Crippen molar-refractivity contribution in [1.82, 2.24) is 10.2 Å². The van der Waals surface area contributed by atoms with Crippen molar-refractivity contribution in [2.75, 3.05) is 19.8 Å². The predicted molar refractivity (Wildman–Crippen MR) is 130 cm³/mol. The third-order valence-electron chi connectivity index (χ3n) is 7.10. The SMILES string of the molecule is CC1CCC(CO)CN1C(=O)C(CCC(=O)O)NC(=O)OCC1c2ccccc2-c2ccccc21. The van der Waals surface area contributed by atoms with Crippen LogP contribution in [0.2, 0.25) is 0 Å². The van der Waals surface area contributed by atoms with Crippen LogP contribution in [0.1, 0.15) is 49.7 Å². The summed E-state index contributed by atoms with van der Waals surface area (Å²) in [7, 11) is 0. The number of aliphatic hydroxyl groups excluding tert-OH is 1. The van der Waals surface area contributed by atoms with E-state index in [-0.39, 0.29) is 49.8 Å². The van der Waals surface area contributed by atoms with E-state index in [4.69, 9.17) is 9.84 Å². The van der Waals surface area contributed by atoms with Gasteiger partial charge in [0.1, 0.15) is 12.6 Å². The summed E-state index contributed by atoms with van der Waals surface area (Å²) in [5.41, 5.74) is 4.39. The van der Waals surface area contributed by atoms with E-state index in [0.29, 0.717) is 6.54 Å². The third kappa shape index (κ3) is 5.48. The van der Waals surface area contributed by atoms with Crippen molar-refractivity contribution < 1.29 is 29.3 Å². The summed E-state index contributed by atoms with van der Waals surface area (Å²) < 4.78 is 5.58. The molecule has 2 aromatic rings. The van der Waals surface area contributed by atoms with Gasteiger partial charge in [-0.15, -0.1) is 0 Å².